The van der Waals surface area contributed by atoms with Crippen molar-refractivity contribution >= 4 is 11.0 Å². The number of imidazole rings is 1. The average molecular weight is 263 g/mol. The van der Waals surface area contributed by atoms with E-state index in [1.165, 1.54) is 12.1 Å². The standard InChI is InChI=1S/C15H22FN3/c1-4-8-19-14-7-6-12(16)10-13(14)18-15(19)9-11(3)17-5-2/h6-7,10-11,17H,4-5,8-9H2,1-3H3. The van der Waals surface area contributed by atoms with Crippen LogP contribution in [0.2, 0.25) is 0 Å². The molecule has 104 valence electrons. The molecular weight excluding hydrogens is 241 g/mol. The predicted molar refractivity (Wildman–Crippen MR) is 76.8 cm³/mol. The third kappa shape index (κ3) is 3.13. The van der Waals surface area contributed by atoms with E-state index in [1.807, 2.05) is 6.07 Å². The van der Waals surface area contributed by atoms with Gasteiger partial charge in [0.2, 0.25) is 0 Å². The van der Waals surface area contributed by atoms with Crippen molar-refractivity contribution in [3.8, 4) is 0 Å². The highest BCUT2D eigenvalue weighted by atomic mass is 19.1. The molecule has 0 fully saturated rings. The lowest BCUT2D eigenvalue weighted by Crippen LogP contribution is -2.28. The number of hydrogen-bond acceptors (Lipinski definition) is 2. The highest BCUT2D eigenvalue weighted by Gasteiger charge is 2.13. The van der Waals surface area contributed by atoms with Crippen molar-refractivity contribution in [1.82, 2.24) is 14.9 Å². The summed E-state index contributed by atoms with van der Waals surface area (Å²) >= 11 is 0. The molecule has 1 aromatic heterocycles. The maximum absolute atomic E-state index is 13.3. The van der Waals surface area contributed by atoms with Crippen molar-refractivity contribution in [2.24, 2.45) is 0 Å². The highest BCUT2D eigenvalue weighted by Crippen LogP contribution is 2.19. The summed E-state index contributed by atoms with van der Waals surface area (Å²) in [6.07, 6.45) is 1.91. The van der Waals surface area contributed by atoms with Crippen molar-refractivity contribution in [1.29, 1.82) is 0 Å². The second kappa shape index (κ2) is 6.15. The fourth-order valence-corrected chi connectivity index (χ4v) is 2.48. The van der Waals surface area contributed by atoms with Gasteiger partial charge in [-0.05, 0) is 32.0 Å². The van der Waals surface area contributed by atoms with Gasteiger partial charge in [0, 0.05) is 25.1 Å². The first-order chi connectivity index (χ1) is 9.15. The molecule has 0 saturated heterocycles. The molecule has 0 amide bonds. The Hall–Kier alpha value is -1.42. The van der Waals surface area contributed by atoms with E-state index in [0.29, 0.717) is 6.04 Å². The van der Waals surface area contributed by atoms with Crippen molar-refractivity contribution < 1.29 is 4.39 Å². The minimum absolute atomic E-state index is 0.222. The van der Waals surface area contributed by atoms with Gasteiger partial charge < -0.3 is 9.88 Å². The number of rotatable bonds is 6. The fraction of sp³-hybridized carbons (Fsp3) is 0.533. The quantitative estimate of drug-likeness (QED) is 0.867. The minimum atomic E-state index is -0.222. The van der Waals surface area contributed by atoms with E-state index in [-0.39, 0.29) is 5.82 Å². The van der Waals surface area contributed by atoms with Crippen LogP contribution in [-0.2, 0) is 13.0 Å². The Morgan fingerprint density at radius 3 is 2.84 bits per heavy atom. The van der Waals surface area contributed by atoms with Gasteiger partial charge in [-0.3, -0.25) is 0 Å². The van der Waals surface area contributed by atoms with Crippen LogP contribution in [0.5, 0.6) is 0 Å². The summed E-state index contributed by atoms with van der Waals surface area (Å²) in [4.78, 5) is 4.60. The third-order valence-corrected chi connectivity index (χ3v) is 3.28. The second-order valence-corrected chi connectivity index (χ2v) is 4.98. The Morgan fingerprint density at radius 1 is 1.37 bits per heavy atom. The SMILES string of the molecule is CCCn1c(CC(C)NCC)nc2cc(F)ccc21. The molecule has 4 heteroatoms. The van der Waals surface area contributed by atoms with Gasteiger partial charge in [-0.15, -0.1) is 0 Å². The number of nitrogens with zero attached hydrogens (tertiary/aromatic N) is 2. The fourth-order valence-electron chi connectivity index (χ4n) is 2.48. The van der Waals surface area contributed by atoms with Crippen LogP contribution in [0.3, 0.4) is 0 Å². The number of hydrogen-bond donors (Lipinski definition) is 1. The lowest BCUT2D eigenvalue weighted by molar-refractivity contribution is 0.532. The zero-order valence-corrected chi connectivity index (χ0v) is 11.9. The molecule has 1 atom stereocenters. The van der Waals surface area contributed by atoms with E-state index in [0.717, 1.165) is 42.8 Å². The third-order valence-electron chi connectivity index (χ3n) is 3.28. The molecule has 0 spiro atoms. The lowest BCUT2D eigenvalue weighted by atomic mass is 10.2. The molecule has 0 aliphatic rings. The number of fused-ring (bicyclic) bond motifs is 1. The highest BCUT2D eigenvalue weighted by molar-refractivity contribution is 5.76. The van der Waals surface area contributed by atoms with Gasteiger partial charge in [0.25, 0.3) is 0 Å². The van der Waals surface area contributed by atoms with Gasteiger partial charge in [0.15, 0.2) is 0 Å². The van der Waals surface area contributed by atoms with E-state index in [1.54, 1.807) is 0 Å². The summed E-state index contributed by atoms with van der Waals surface area (Å²) in [6, 6.07) is 5.23. The van der Waals surface area contributed by atoms with Gasteiger partial charge >= 0.3 is 0 Å². The Balaban J connectivity index is 2.38. The molecule has 3 nitrogen and oxygen atoms in total. The topological polar surface area (TPSA) is 29.9 Å². The average Bonchev–Trinajstić information content (AvgIpc) is 2.67. The smallest absolute Gasteiger partial charge is 0.125 e. The molecule has 0 radical (unpaired) electrons. The molecule has 1 aromatic carbocycles. The summed E-state index contributed by atoms with van der Waals surface area (Å²) in [5.74, 6) is 0.816. The molecule has 2 rings (SSSR count). The van der Waals surface area contributed by atoms with Crippen LogP contribution in [0.1, 0.15) is 33.0 Å². The maximum Gasteiger partial charge on any atom is 0.125 e. The van der Waals surface area contributed by atoms with Crippen LogP contribution in [0, 0.1) is 5.82 Å². The van der Waals surface area contributed by atoms with Gasteiger partial charge in [0.05, 0.1) is 11.0 Å². The zero-order valence-electron chi connectivity index (χ0n) is 11.9. The molecular formula is C15H22FN3. The molecule has 0 saturated carbocycles. The first kappa shape index (κ1) is 14.0. The molecule has 19 heavy (non-hydrogen) atoms. The summed E-state index contributed by atoms with van der Waals surface area (Å²) in [6.45, 7) is 8.27. The monoisotopic (exact) mass is 263 g/mol. The van der Waals surface area contributed by atoms with Gasteiger partial charge in [-0.2, -0.15) is 0 Å². The van der Waals surface area contributed by atoms with Crippen molar-refractivity contribution in [3.63, 3.8) is 0 Å². The van der Waals surface area contributed by atoms with E-state index in [2.05, 4.69) is 35.6 Å². The molecule has 0 aliphatic carbocycles. The number of aryl methyl sites for hydroxylation is 1. The molecule has 1 unspecified atom stereocenters. The molecule has 0 aliphatic heterocycles. The molecule has 2 aromatic rings. The minimum Gasteiger partial charge on any atom is -0.328 e. The Labute approximate surface area is 113 Å². The lowest BCUT2D eigenvalue weighted by Gasteiger charge is -2.13. The predicted octanol–water partition coefficient (Wildman–Crippen LogP) is 3.13. The van der Waals surface area contributed by atoms with Crippen LogP contribution in [0.4, 0.5) is 4.39 Å². The largest absolute Gasteiger partial charge is 0.328 e. The zero-order chi connectivity index (χ0) is 13.8. The van der Waals surface area contributed by atoms with Crippen LogP contribution in [0.15, 0.2) is 18.2 Å². The van der Waals surface area contributed by atoms with Crippen molar-refractivity contribution in [2.75, 3.05) is 6.54 Å². The number of likely N-dealkylation sites (N-methyl/N-ethyl adjacent to an activating group) is 1. The first-order valence-electron chi connectivity index (χ1n) is 7.03. The molecule has 0 bridgehead atoms. The Bertz CT molecular complexity index is 548. The molecule has 1 N–H and O–H groups in total. The van der Waals surface area contributed by atoms with E-state index in [9.17, 15) is 4.39 Å². The van der Waals surface area contributed by atoms with Crippen LogP contribution in [-0.4, -0.2) is 22.1 Å². The first-order valence-corrected chi connectivity index (χ1v) is 7.03. The Kier molecular flexibility index (Phi) is 4.53. The summed E-state index contributed by atoms with van der Waals surface area (Å²) in [5, 5.41) is 3.39. The van der Waals surface area contributed by atoms with Gasteiger partial charge in [-0.1, -0.05) is 13.8 Å². The van der Waals surface area contributed by atoms with Gasteiger partial charge in [-0.25, -0.2) is 9.37 Å². The summed E-state index contributed by atoms with van der Waals surface area (Å²) in [5.41, 5.74) is 1.79. The second-order valence-electron chi connectivity index (χ2n) is 4.98. The number of aromatic nitrogens is 2. The Morgan fingerprint density at radius 2 is 2.16 bits per heavy atom. The maximum atomic E-state index is 13.3. The normalized spacial score (nSPS) is 13.1. The number of halogens is 1. The number of benzene rings is 1. The summed E-state index contributed by atoms with van der Waals surface area (Å²) < 4.78 is 15.5. The van der Waals surface area contributed by atoms with E-state index in [4.69, 9.17) is 0 Å². The van der Waals surface area contributed by atoms with Crippen molar-refractivity contribution in [3.05, 3.63) is 29.8 Å². The summed E-state index contributed by atoms with van der Waals surface area (Å²) in [7, 11) is 0. The van der Waals surface area contributed by atoms with Crippen LogP contribution in [0.25, 0.3) is 11.0 Å². The number of nitrogens with one attached hydrogen (secondary N) is 1. The van der Waals surface area contributed by atoms with Crippen LogP contribution >= 0.6 is 0 Å². The van der Waals surface area contributed by atoms with Gasteiger partial charge in [0.1, 0.15) is 11.6 Å². The molecule has 1 heterocycles. The van der Waals surface area contributed by atoms with E-state index < -0.39 is 0 Å². The van der Waals surface area contributed by atoms with Crippen molar-refractivity contribution in [2.45, 2.75) is 46.2 Å². The van der Waals surface area contributed by atoms with Crippen LogP contribution < -0.4 is 5.32 Å². The van der Waals surface area contributed by atoms with E-state index >= 15 is 0 Å².